The van der Waals surface area contributed by atoms with E-state index >= 15 is 0 Å². The molecule has 2 aromatic heterocycles. The molecule has 126 valence electrons. The van der Waals surface area contributed by atoms with Crippen LogP contribution in [0, 0.1) is 0 Å². The second-order valence-electron chi connectivity index (χ2n) is 5.27. The Hall–Kier alpha value is -3.55. The van der Waals surface area contributed by atoms with Crippen LogP contribution in [0.4, 0.5) is 0 Å². The molecule has 1 atom stereocenters. The maximum atomic E-state index is 12.0. The van der Waals surface area contributed by atoms with Crippen molar-refractivity contribution in [3.63, 3.8) is 0 Å². The third-order valence-corrected chi connectivity index (χ3v) is 3.48. The maximum absolute atomic E-state index is 12.0. The summed E-state index contributed by atoms with van der Waals surface area (Å²) in [6, 6.07) is 9.03. The number of aliphatic carboxylic acids is 1. The minimum Gasteiger partial charge on any atom is -0.480 e. The van der Waals surface area contributed by atoms with Crippen molar-refractivity contribution in [2.24, 2.45) is 0 Å². The van der Waals surface area contributed by atoms with Gasteiger partial charge in [-0.2, -0.15) is 4.98 Å². The fourth-order valence-corrected chi connectivity index (χ4v) is 2.06. The van der Waals surface area contributed by atoms with E-state index in [1.165, 1.54) is 6.92 Å². The van der Waals surface area contributed by atoms with Crippen LogP contribution in [0.5, 0.6) is 0 Å². The first-order chi connectivity index (χ1) is 12.0. The molecule has 25 heavy (non-hydrogen) atoms. The number of nitrogens with zero attached hydrogens (tertiary/aromatic N) is 3. The fraction of sp³-hybridized carbons (Fsp3) is 0.118. The molecule has 3 rings (SSSR count). The Kier molecular flexibility index (Phi) is 4.51. The van der Waals surface area contributed by atoms with E-state index in [0.29, 0.717) is 22.8 Å². The van der Waals surface area contributed by atoms with Gasteiger partial charge < -0.3 is 14.9 Å². The number of pyridine rings is 1. The third kappa shape index (κ3) is 3.69. The van der Waals surface area contributed by atoms with Crippen LogP contribution in [-0.2, 0) is 4.79 Å². The Balaban J connectivity index is 1.76. The molecule has 3 aromatic rings. The van der Waals surface area contributed by atoms with Crippen molar-refractivity contribution in [1.82, 2.24) is 20.4 Å². The van der Waals surface area contributed by atoms with Gasteiger partial charge in [-0.15, -0.1) is 0 Å². The number of amides is 1. The number of rotatable bonds is 5. The zero-order chi connectivity index (χ0) is 17.8. The zero-order valence-electron chi connectivity index (χ0n) is 13.2. The molecule has 8 nitrogen and oxygen atoms in total. The number of carboxylic acid groups (broad SMARTS) is 1. The number of carbonyl (C=O) groups is 2. The average Bonchev–Trinajstić information content (AvgIpc) is 3.12. The highest BCUT2D eigenvalue weighted by atomic mass is 16.5. The molecule has 2 heterocycles. The monoisotopic (exact) mass is 338 g/mol. The number of aromatic nitrogens is 3. The number of hydrogen-bond donors (Lipinski definition) is 2. The summed E-state index contributed by atoms with van der Waals surface area (Å²) in [5.74, 6) is -0.806. The summed E-state index contributed by atoms with van der Waals surface area (Å²) in [6.07, 6.45) is 3.26. The molecular weight excluding hydrogens is 324 g/mol. The lowest BCUT2D eigenvalue weighted by Gasteiger charge is -2.09. The smallest absolute Gasteiger partial charge is 0.325 e. The van der Waals surface area contributed by atoms with E-state index in [1.54, 1.807) is 48.8 Å². The lowest BCUT2D eigenvalue weighted by atomic mass is 10.1. The molecular formula is C17H14N4O4. The van der Waals surface area contributed by atoms with Crippen LogP contribution < -0.4 is 5.32 Å². The standard InChI is InChI=1S/C17H14N4O4/c1-10(17(23)24)19-15(22)12-4-2-11(3-5-12)14-20-16(25-21-14)13-6-8-18-9-7-13/h2-10H,1H3,(H,19,22)(H,23,24). The van der Waals surface area contributed by atoms with Gasteiger partial charge in [0.05, 0.1) is 0 Å². The molecule has 0 bridgehead atoms. The number of nitrogens with one attached hydrogen (secondary N) is 1. The summed E-state index contributed by atoms with van der Waals surface area (Å²) in [7, 11) is 0. The molecule has 0 saturated carbocycles. The Bertz CT molecular complexity index is 891. The van der Waals surface area contributed by atoms with Crippen LogP contribution >= 0.6 is 0 Å². The summed E-state index contributed by atoms with van der Waals surface area (Å²) in [5.41, 5.74) is 1.77. The molecule has 0 radical (unpaired) electrons. The summed E-state index contributed by atoms with van der Waals surface area (Å²) < 4.78 is 5.23. The van der Waals surface area contributed by atoms with Crippen molar-refractivity contribution in [1.29, 1.82) is 0 Å². The third-order valence-electron chi connectivity index (χ3n) is 3.48. The summed E-state index contributed by atoms with van der Waals surface area (Å²) in [4.78, 5) is 31.0. The Labute approximate surface area is 142 Å². The largest absolute Gasteiger partial charge is 0.480 e. The van der Waals surface area contributed by atoms with Crippen LogP contribution in [0.25, 0.3) is 22.8 Å². The molecule has 1 unspecified atom stereocenters. The first-order valence-electron chi connectivity index (χ1n) is 7.43. The molecule has 0 aliphatic carbocycles. The van der Waals surface area contributed by atoms with Gasteiger partial charge in [-0.05, 0) is 31.2 Å². The van der Waals surface area contributed by atoms with Gasteiger partial charge in [0.25, 0.3) is 11.8 Å². The fourth-order valence-electron chi connectivity index (χ4n) is 2.06. The first kappa shape index (κ1) is 16.3. The molecule has 0 spiro atoms. The molecule has 1 amide bonds. The number of carboxylic acids is 1. The molecule has 2 N–H and O–H groups in total. The lowest BCUT2D eigenvalue weighted by molar-refractivity contribution is -0.138. The molecule has 0 aliphatic heterocycles. The Morgan fingerprint density at radius 1 is 1.08 bits per heavy atom. The van der Waals surface area contributed by atoms with E-state index < -0.39 is 17.9 Å². The predicted octanol–water partition coefficient (Wildman–Crippen LogP) is 2.00. The second-order valence-corrected chi connectivity index (χ2v) is 5.27. The second kappa shape index (κ2) is 6.91. The summed E-state index contributed by atoms with van der Waals surface area (Å²) in [6.45, 7) is 1.40. The average molecular weight is 338 g/mol. The van der Waals surface area contributed by atoms with Crippen LogP contribution in [0.3, 0.4) is 0 Å². The van der Waals surface area contributed by atoms with Crippen LogP contribution in [0.1, 0.15) is 17.3 Å². The summed E-state index contributed by atoms with van der Waals surface area (Å²) >= 11 is 0. The zero-order valence-corrected chi connectivity index (χ0v) is 13.2. The van der Waals surface area contributed by atoms with Crippen LogP contribution in [-0.4, -0.2) is 38.1 Å². The predicted molar refractivity (Wildman–Crippen MR) is 87.5 cm³/mol. The quantitative estimate of drug-likeness (QED) is 0.730. The van der Waals surface area contributed by atoms with E-state index in [-0.39, 0.29) is 0 Å². The van der Waals surface area contributed by atoms with E-state index in [2.05, 4.69) is 20.4 Å². The van der Waals surface area contributed by atoms with Gasteiger partial charge in [0.2, 0.25) is 5.82 Å². The molecule has 0 saturated heterocycles. The SMILES string of the molecule is CC(NC(=O)c1ccc(-c2noc(-c3ccncc3)n2)cc1)C(=O)O. The lowest BCUT2D eigenvalue weighted by Crippen LogP contribution is -2.38. The first-order valence-corrected chi connectivity index (χ1v) is 7.43. The highest BCUT2D eigenvalue weighted by Gasteiger charge is 2.16. The van der Waals surface area contributed by atoms with Gasteiger partial charge in [0, 0.05) is 29.1 Å². The normalized spacial score (nSPS) is 11.7. The Morgan fingerprint density at radius 3 is 2.40 bits per heavy atom. The highest BCUT2D eigenvalue weighted by molar-refractivity contribution is 5.96. The van der Waals surface area contributed by atoms with Crippen molar-refractivity contribution < 1.29 is 19.2 Å². The highest BCUT2D eigenvalue weighted by Crippen LogP contribution is 2.21. The van der Waals surface area contributed by atoms with Gasteiger partial charge in [-0.1, -0.05) is 17.3 Å². The molecule has 8 heteroatoms. The van der Waals surface area contributed by atoms with Crippen molar-refractivity contribution in [3.05, 3.63) is 54.4 Å². The minimum absolute atomic E-state index is 0.342. The van der Waals surface area contributed by atoms with Crippen molar-refractivity contribution in [2.45, 2.75) is 13.0 Å². The minimum atomic E-state index is -1.10. The molecule has 0 aliphatic rings. The van der Waals surface area contributed by atoms with Crippen molar-refractivity contribution >= 4 is 11.9 Å². The van der Waals surface area contributed by atoms with E-state index in [1.807, 2.05) is 0 Å². The number of carbonyl (C=O) groups excluding carboxylic acids is 1. The van der Waals surface area contributed by atoms with E-state index in [4.69, 9.17) is 9.63 Å². The number of hydrogen-bond acceptors (Lipinski definition) is 6. The van der Waals surface area contributed by atoms with Gasteiger partial charge >= 0.3 is 5.97 Å². The van der Waals surface area contributed by atoms with Gasteiger partial charge in [0.15, 0.2) is 0 Å². The van der Waals surface area contributed by atoms with Gasteiger partial charge in [0.1, 0.15) is 6.04 Å². The van der Waals surface area contributed by atoms with E-state index in [0.717, 1.165) is 5.56 Å². The molecule has 1 aromatic carbocycles. The van der Waals surface area contributed by atoms with E-state index in [9.17, 15) is 9.59 Å². The van der Waals surface area contributed by atoms with Crippen LogP contribution in [0.2, 0.25) is 0 Å². The molecule has 0 fully saturated rings. The number of benzene rings is 1. The topological polar surface area (TPSA) is 118 Å². The van der Waals surface area contributed by atoms with Crippen molar-refractivity contribution in [3.8, 4) is 22.8 Å². The van der Waals surface area contributed by atoms with Crippen molar-refractivity contribution in [2.75, 3.05) is 0 Å². The van der Waals surface area contributed by atoms with Gasteiger partial charge in [-0.3, -0.25) is 14.6 Å². The van der Waals surface area contributed by atoms with Crippen LogP contribution in [0.15, 0.2) is 53.3 Å². The summed E-state index contributed by atoms with van der Waals surface area (Å²) in [5, 5.41) is 15.1. The van der Waals surface area contributed by atoms with Gasteiger partial charge in [-0.25, -0.2) is 0 Å². The maximum Gasteiger partial charge on any atom is 0.325 e. The Morgan fingerprint density at radius 2 is 1.76 bits per heavy atom.